The van der Waals surface area contributed by atoms with Crippen LogP contribution < -0.4 is 0 Å². The van der Waals surface area contributed by atoms with Crippen molar-refractivity contribution in [3.05, 3.63) is 38.9 Å². The van der Waals surface area contributed by atoms with E-state index in [4.69, 9.17) is 5.26 Å². The van der Waals surface area contributed by atoms with Crippen LogP contribution in [-0.4, -0.2) is 17.5 Å². The highest BCUT2D eigenvalue weighted by molar-refractivity contribution is 5.91. The third-order valence-electron chi connectivity index (χ3n) is 2.19. The number of benzene rings is 1. The van der Waals surface area contributed by atoms with Gasteiger partial charge >= 0.3 is 5.97 Å². The van der Waals surface area contributed by atoms with Crippen molar-refractivity contribution in [3.8, 4) is 6.07 Å². The normalized spacial score (nSPS) is 10.1. The van der Waals surface area contributed by atoms with Gasteiger partial charge in [0.05, 0.1) is 22.7 Å². The van der Waals surface area contributed by atoms with Gasteiger partial charge in [0.1, 0.15) is 11.6 Å². The Hall–Kier alpha value is -2.56. The molecule has 0 aliphatic rings. The largest absolute Gasteiger partial charge is 0.462 e. The molecule has 0 atom stereocenters. The van der Waals surface area contributed by atoms with Gasteiger partial charge in [0, 0.05) is 0 Å². The van der Waals surface area contributed by atoms with Crippen LogP contribution in [0.3, 0.4) is 0 Å². The molecular formula is C11H8F2N2O4. The Morgan fingerprint density at radius 2 is 2.21 bits per heavy atom. The quantitative estimate of drug-likeness (QED) is 0.476. The Morgan fingerprint density at radius 3 is 2.63 bits per heavy atom. The number of halogens is 2. The zero-order valence-corrected chi connectivity index (χ0v) is 9.72. The third-order valence-corrected chi connectivity index (χ3v) is 2.19. The fraction of sp³-hybridized carbons (Fsp3) is 0.273. The molecule has 0 bridgehead atoms. The molecular weight excluding hydrogens is 262 g/mol. The SMILES string of the molecule is CCOC(=O)c1cc(C#N)c([N+](=O)[O-])c(C(F)F)c1. The van der Waals surface area contributed by atoms with Crippen LogP contribution in [0, 0.1) is 21.4 Å². The van der Waals surface area contributed by atoms with Crippen molar-refractivity contribution < 1.29 is 23.2 Å². The van der Waals surface area contributed by atoms with Gasteiger partial charge in [0.2, 0.25) is 0 Å². The minimum atomic E-state index is -3.18. The Bertz CT molecular complexity index is 567. The average molecular weight is 270 g/mol. The summed E-state index contributed by atoms with van der Waals surface area (Å²) >= 11 is 0. The van der Waals surface area contributed by atoms with E-state index in [0.29, 0.717) is 6.07 Å². The second kappa shape index (κ2) is 5.86. The van der Waals surface area contributed by atoms with E-state index in [1.807, 2.05) is 0 Å². The van der Waals surface area contributed by atoms with Gasteiger partial charge in [-0.15, -0.1) is 0 Å². The highest BCUT2D eigenvalue weighted by Gasteiger charge is 2.28. The fourth-order valence-corrected chi connectivity index (χ4v) is 1.44. The smallest absolute Gasteiger partial charge is 0.338 e. The van der Waals surface area contributed by atoms with E-state index in [1.54, 1.807) is 0 Å². The van der Waals surface area contributed by atoms with Crippen molar-refractivity contribution in [2.75, 3.05) is 6.61 Å². The molecule has 0 unspecified atom stereocenters. The van der Waals surface area contributed by atoms with Gasteiger partial charge in [-0.3, -0.25) is 10.1 Å². The van der Waals surface area contributed by atoms with E-state index in [0.717, 1.165) is 6.07 Å². The molecule has 100 valence electrons. The van der Waals surface area contributed by atoms with Crippen molar-refractivity contribution in [2.24, 2.45) is 0 Å². The van der Waals surface area contributed by atoms with Gasteiger partial charge in [-0.1, -0.05) is 0 Å². The summed E-state index contributed by atoms with van der Waals surface area (Å²) in [5, 5.41) is 19.5. The monoisotopic (exact) mass is 270 g/mol. The first kappa shape index (κ1) is 14.5. The van der Waals surface area contributed by atoms with E-state index in [-0.39, 0.29) is 12.2 Å². The second-order valence-electron chi connectivity index (χ2n) is 3.35. The molecule has 0 N–H and O–H groups in total. The lowest BCUT2D eigenvalue weighted by Gasteiger charge is -2.07. The summed E-state index contributed by atoms with van der Waals surface area (Å²) in [4.78, 5) is 21.1. The molecule has 0 aliphatic carbocycles. The van der Waals surface area contributed by atoms with Crippen LogP contribution >= 0.6 is 0 Å². The standard InChI is InChI=1S/C11H8F2N2O4/c1-2-19-11(16)6-3-7(5-14)9(15(17)18)8(4-6)10(12)13/h3-4,10H,2H2,1H3. The number of alkyl halides is 2. The van der Waals surface area contributed by atoms with Crippen molar-refractivity contribution in [2.45, 2.75) is 13.3 Å². The van der Waals surface area contributed by atoms with Crippen LogP contribution in [-0.2, 0) is 4.74 Å². The molecule has 0 spiro atoms. The maximum atomic E-state index is 12.8. The first-order valence-electron chi connectivity index (χ1n) is 5.10. The van der Waals surface area contributed by atoms with Gasteiger partial charge in [-0.05, 0) is 19.1 Å². The van der Waals surface area contributed by atoms with Gasteiger partial charge in [-0.2, -0.15) is 5.26 Å². The third kappa shape index (κ3) is 3.01. The lowest BCUT2D eigenvalue weighted by molar-refractivity contribution is -0.386. The molecule has 0 amide bonds. The number of nitriles is 1. The molecule has 0 saturated heterocycles. The topological polar surface area (TPSA) is 93.2 Å². The number of nitro benzene ring substituents is 1. The number of nitrogens with zero attached hydrogens (tertiary/aromatic N) is 2. The number of carbonyl (C=O) groups excluding carboxylic acids is 1. The molecule has 19 heavy (non-hydrogen) atoms. The highest BCUT2D eigenvalue weighted by atomic mass is 19.3. The number of ether oxygens (including phenoxy) is 1. The number of carbonyl (C=O) groups is 1. The first-order valence-corrected chi connectivity index (χ1v) is 5.10. The Balaban J connectivity index is 3.50. The van der Waals surface area contributed by atoms with E-state index in [2.05, 4.69) is 4.74 Å². The van der Waals surface area contributed by atoms with Crippen LogP contribution in [0.25, 0.3) is 0 Å². The van der Waals surface area contributed by atoms with E-state index in [1.165, 1.54) is 13.0 Å². The van der Waals surface area contributed by atoms with Crippen LogP contribution in [0.2, 0.25) is 0 Å². The molecule has 0 aromatic heterocycles. The zero-order valence-electron chi connectivity index (χ0n) is 9.72. The molecule has 1 rings (SSSR count). The Morgan fingerprint density at radius 1 is 1.58 bits per heavy atom. The maximum Gasteiger partial charge on any atom is 0.338 e. The Labute approximate surface area is 106 Å². The number of rotatable bonds is 4. The van der Waals surface area contributed by atoms with Crippen LogP contribution in [0.5, 0.6) is 0 Å². The molecule has 1 aromatic rings. The fourth-order valence-electron chi connectivity index (χ4n) is 1.44. The average Bonchev–Trinajstić information content (AvgIpc) is 2.36. The first-order chi connectivity index (χ1) is 8.92. The van der Waals surface area contributed by atoms with Crippen molar-refractivity contribution >= 4 is 11.7 Å². The lowest BCUT2D eigenvalue weighted by atomic mass is 10.0. The van der Waals surface area contributed by atoms with E-state index in [9.17, 15) is 23.7 Å². The van der Waals surface area contributed by atoms with Gasteiger partial charge in [0.15, 0.2) is 0 Å². The lowest BCUT2D eigenvalue weighted by Crippen LogP contribution is -2.08. The second-order valence-corrected chi connectivity index (χ2v) is 3.35. The van der Waals surface area contributed by atoms with Crippen molar-refractivity contribution in [1.29, 1.82) is 5.26 Å². The highest BCUT2D eigenvalue weighted by Crippen LogP contribution is 2.33. The van der Waals surface area contributed by atoms with Gasteiger partial charge in [0.25, 0.3) is 12.1 Å². The van der Waals surface area contributed by atoms with Crippen LogP contribution in [0.15, 0.2) is 12.1 Å². The molecule has 0 aliphatic heterocycles. The molecule has 0 saturated carbocycles. The maximum absolute atomic E-state index is 12.8. The molecule has 0 radical (unpaired) electrons. The Kier molecular flexibility index (Phi) is 4.47. The van der Waals surface area contributed by atoms with Crippen molar-refractivity contribution in [1.82, 2.24) is 0 Å². The number of hydrogen-bond donors (Lipinski definition) is 0. The summed E-state index contributed by atoms with van der Waals surface area (Å²) in [6.07, 6.45) is -3.18. The molecule has 0 heterocycles. The molecule has 8 heteroatoms. The van der Waals surface area contributed by atoms with Crippen LogP contribution in [0.4, 0.5) is 14.5 Å². The van der Waals surface area contributed by atoms with Crippen molar-refractivity contribution in [3.63, 3.8) is 0 Å². The summed E-state index contributed by atoms with van der Waals surface area (Å²) in [7, 11) is 0. The number of hydrogen-bond acceptors (Lipinski definition) is 5. The van der Waals surface area contributed by atoms with Gasteiger partial charge in [-0.25, -0.2) is 13.6 Å². The molecule has 1 aromatic carbocycles. The zero-order chi connectivity index (χ0) is 14.6. The number of nitro groups is 1. The predicted molar refractivity (Wildman–Crippen MR) is 58.7 cm³/mol. The number of esters is 1. The minimum absolute atomic E-state index is 0.0156. The summed E-state index contributed by atoms with van der Waals surface area (Å²) in [5.74, 6) is -0.921. The van der Waals surface area contributed by atoms with E-state index < -0.39 is 34.1 Å². The minimum Gasteiger partial charge on any atom is -0.462 e. The van der Waals surface area contributed by atoms with Gasteiger partial charge < -0.3 is 4.74 Å². The summed E-state index contributed by atoms with van der Waals surface area (Å²) in [6.45, 7) is 1.53. The summed E-state index contributed by atoms with van der Waals surface area (Å²) in [5.41, 5.74) is -2.90. The summed E-state index contributed by atoms with van der Waals surface area (Å²) in [6, 6.07) is 2.96. The molecule has 6 nitrogen and oxygen atoms in total. The van der Waals surface area contributed by atoms with Crippen LogP contribution in [0.1, 0.15) is 34.8 Å². The van der Waals surface area contributed by atoms with E-state index >= 15 is 0 Å². The summed E-state index contributed by atoms with van der Waals surface area (Å²) < 4.78 is 30.1. The molecule has 0 fully saturated rings. The predicted octanol–water partition coefficient (Wildman–Crippen LogP) is 2.58.